The van der Waals surface area contributed by atoms with Gasteiger partial charge in [-0.25, -0.2) is 0 Å². The SMILES string of the molecule is C/C=C/NC(=S)/C=C/C. The average Bonchev–Trinajstić information content (AvgIpc) is 1.85. The van der Waals surface area contributed by atoms with Crippen molar-refractivity contribution in [2.75, 3.05) is 0 Å². The molecule has 0 aliphatic rings. The fourth-order valence-corrected chi connectivity index (χ4v) is 0.569. The van der Waals surface area contributed by atoms with Crippen LogP contribution in [0.2, 0.25) is 0 Å². The van der Waals surface area contributed by atoms with E-state index in [4.69, 9.17) is 12.2 Å². The maximum absolute atomic E-state index is 4.87. The van der Waals surface area contributed by atoms with Crippen LogP contribution in [0.3, 0.4) is 0 Å². The maximum Gasteiger partial charge on any atom is 0.102 e. The van der Waals surface area contributed by atoms with Gasteiger partial charge in [-0.1, -0.05) is 24.4 Å². The second kappa shape index (κ2) is 5.51. The van der Waals surface area contributed by atoms with Gasteiger partial charge in [0.25, 0.3) is 0 Å². The van der Waals surface area contributed by atoms with Crippen molar-refractivity contribution in [3.05, 3.63) is 24.4 Å². The number of hydrogen-bond donors (Lipinski definition) is 1. The van der Waals surface area contributed by atoms with Gasteiger partial charge in [0.05, 0.1) is 0 Å². The lowest BCUT2D eigenvalue weighted by Crippen LogP contribution is -2.10. The standard InChI is InChI=1S/C7H11NS/c1-3-5-7(9)8-6-4-2/h3-6H,1-2H3,(H,8,9)/b5-3+,6-4+. The summed E-state index contributed by atoms with van der Waals surface area (Å²) in [5.41, 5.74) is 0. The van der Waals surface area contributed by atoms with Crippen LogP contribution < -0.4 is 5.32 Å². The molecule has 0 spiro atoms. The van der Waals surface area contributed by atoms with Gasteiger partial charge in [-0.05, 0) is 26.1 Å². The van der Waals surface area contributed by atoms with Crippen molar-refractivity contribution in [3.8, 4) is 0 Å². The van der Waals surface area contributed by atoms with Crippen LogP contribution in [0.1, 0.15) is 13.8 Å². The Morgan fingerprint density at radius 1 is 1.33 bits per heavy atom. The molecule has 2 heteroatoms. The number of nitrogens with one attached hydrogen (secondary N) is 1. The highest BCUT2D eigenvalue weighted by atomic mass is 32.1. The molecular weight excluding hydrogens is 130 g/mol. The quantitative estimate of drug-likeness (QED) is 0.466. The third kappa shape index (κ3) is 5.24. The molecule has 0 aromatic heterocycles. The molecule has 0 aliphatic heterocycles. The van der Waals surface area contributed by atoms with Gasteiger partial charge >= 0.3 is 0 Å². The van der Waals surface area contributed by atoms with Gasteiger partial charge in [-0.2, -0.15) is 0 Å². The first-order valence-corrected chi connectivity index (χ1v) is 3.26. The highest BCUT2D eigenvalue weighted by molar-refractivity contribution is 7.80. The van der Waals surface area contributed by atoms with Crippen LogP contribution in [0.4, 0.5) is 0 Å². The van der Waals surface area contributed by atoms with Crippen LogP contribution >= 0.6 is 12.2 Å². The average molecular weight is 141 g/mol. The molecule has 0 fully saturated rings. The summed E-state index contributed by atoms with van der Waals surface area (Å²) in [4.78, 5) is 0.746. The number of thiocarbonyl (C=S) groups is 1. The monoisotopic (exact) mass is 141 g/mol. The van der Waals surface area contributed by atoms with Crippen molar-refractivity contribution in [2.24, 2.45) is 0 Å². The summed E-state index contributed by atoms with van der Waals surface area (Å²) in [6, 6.07) is 0. The van der Waals surface area contributed by atoms with Crippen LogP contribution in [-0.2, 0) is 0 Å². The van der Waals surface area contributed by atoms with Gasteiger partial charge in [-0.3, -0.25) is 0 Å². The highest BCUT2D eigenvalue weighted by Gasteiger charge is 1.78. The zero-order valence-corrected chi connectivity index (χ0v) is 6.53. The molecule has 0 bridgehead atoms. The Kier molecular flexibility index (Phi) is 5.12. The van der Waals surface area contributed by atoms with E-state index in [1.165, 1.54) is 0 Å². The lowest BCUT2D eigenvalue weighted by molar-refractivity contribution is 1.31. The number of hydrogen-bond acceptors (Lipinski definition) is 1. The minimum absolute atomic E-state index is 0.746. The van der Waals surface area contributed by atoms with Crippen LogP contribution in [0.25, 0.3) is 0 Å². The summed E-state index contributed by atoms with van der Waals surface area (Å²) in [5, 5.41) is 2.90. The first-order chi connectivity index (χ1) is 4.31. The predicted molar refractivity (Wildman–Crippen MR) is 45.4 cm³/mol. The maximum atomic E-state index is 4.87. The Morgan fingerprint density at radius 3 is 2.44 bits per heavy atom. The van der Waals surface area contributed by atoms with Crippen LogP contribution in [0.5, 0.6) is 0 Å². The highest BCUT2D eigenvalue weighted by Crippen LogP contribution is 1.76. The van der Waals surface area contributed by atoms with E-state index in [1.807, 2.05) is 38.3 Å². The second-order valence-electron chi connectivity index (χ2n) is 1.51. The molecule has 50 valence electrons. The Labute approximate surface area is 61.5 Å². The Morgan fingerprint density at radius 2 is 2.00 bits per heavy atom. The minimum atomic E-state index is 0.746. The second-order valence-corrected chi connectivity index (χ2v) is 1.95. The predicted octanol–water partition coefficient (Wildman–Crippen LogP) is 2.01. The van der Waals surface area contributed by atoms with E-state index in [1.54, 1.807) is 0 Å². The molecule has 0 radical (unpaired) electrons. The number of allylic oxidation sites excluding steroid dienone is 2. The van der Waals surface area contributed by atoms with Crippen molar-refractivity contribution in [3.63, 3.8) is 0 Å². The first kappa shape index (κ1) is 8.37. The number of rotatable bonds is 2. The molecule has 0 aromatic carbocycles. The lowest BCUT2D eigenvalue weighted by Gasteiger charge is -1.92. The molecule has 1 nitrogen and oxygen atoms in total. The fourth-order valence-electron chi connectivity index (χ4n) is 0.365. The third-order valence-electron chi connectivity index (χ3n) is 0.710. The zero-order chi connectivity index (χ0) is 7.11. The van der Waals surface area contributed by atoms with Gasteiger partial charge < -0.3 is 5.32 Å². The smallest absolute Gasteiger partial charge is 0.102 e. The summed E-state index contributed by atoms with van der Waals surface area (Å²) >= 11 is 4.87. The third-order valence-corrected chi connectivity index (χ3v) is 0.964. The van der Waals surface area contributed by atoms with E-state index < -0.39 is 0 Å². The normalized spacial score (nSPS) is 10.9. The van der Waals surface area contributed by atoms with Crippen LogP contribution in [0, 0.1) is 0 Å². The van der Waals surface area contributed by atoms with Crippen LogP contribution in [-0.4, -0.2) is 4.99 Å². The molecule has 0 heterocycles. The Bertz CT molecular complexity index is 136. The molecule has 0 aliphatic carbocycles. The summed E-state index contributed by atoms with van der Waals surface area (Å²) in [6.45, 7) is 3.87. The minimum Gasteiger partial charge on any atom is -0.353 e. The molecule has 0 aromatic rings. The van der Waals surface area contributed by atoms with Gasteiger partial charge in [0.15, 0.2) is 0 Å². The molecule has 0 rings (SSSR count). The van der Waals surface area contributed by atoms with Gasteiger partial charge in [-0.15, -0.1) is 0 Å². The van der Waals surface area contributed by atoms with Crippen molar-refractivity contribution in [2.45, 2.75) is 13.8 Å². The lowest BCUT2D eigenvalue weighted by atomic mass is 10.5. The summed E-state index contributed by atoms with van der Waals surface area (Å²) in [7, 11) is 0. The Hall–Kier alpha value is -0.630. The van der Waals surface area contributed by atoms with Crippen molar-refractivity contribution in [1.29, 1.82) is 0 Å². The Balaban J connectivity index is 3.51. The molecule has 9 heavy (non-hydrogen) atoms. The molecule has 0 unspecified atom stereocenters. The van der Waals surface area contributed by atoms with E-state index in [0.29, 0.717) is 0 Å². The van der Waals surface area contributed by atoms with E-state index in [2.05, 4.69) is 5.32 Å². The topological polar surface area (TPSA) is 12.0 Å². The van der Waals surface area contributed by atoms with Crippen molar-refractivity contribution >= 4 is 17.2 Å². The molecular formula is C7H11NS. The van der Waals surface area contributed by atoms with Crippen molar-refractivity contribution in [1.82, 2.24) is 5.32 Å². The zero-order valence-electron chi connectivity index (χ0n) is 5.72. The largest absolute Gasteiger partial charge is 0.353 e. The van der Waals surface area contributed by atoms with Gasteiger partial charge in [0.2, 0.25) is 0 Å². The molecule has 0 saturated heterocycles. The van der Waals surface area contributed by atoms with E-state index >= 15 is 0 Å². The van der Waals surface area contributed by atoms with E-state index in [9.17, 15) is 0 Å². The van der Waals surface area contributed by atoms with E-state index in [0.717, 1.165) is 4.99 Å². The van der Waals surface area contributed by atoms with Crippen LogP contribution in [0.15, 0.2) is 24.4 Å². The molecule has 1 N–H and O–H groups in total. The molecule has 0 saturated carbocycles. The van der Waals surface area contributed by atoms with Gasteiger partial charge in [0.1, 0.15) is 4.99 Å². The van der Waals surface area contributed by atoms with Gasteiger partial charge in [0, 0.05) is 0 Å². The first-order valence-electron chi connectivity index (χ1n) is 2.85. The molecule has 0 amide bonds. The summed E-state index contributed by atoms with van der Waals surface area (Å²) < 4.78 is 0. The van der Waals surface area contributed by atoms with E-state index in [-0.39, 0.29) is 0 Å². The van der Waals surface area contributed by atoms with Crippen molar-refractivity contribution < 1.29 is 0 Å². The summed E-state index contributed by atoms with van der Waals surface area (Å²) in [5.74, 6) is 0. The summed E-state index contributed by atoms with van der Waals surface area (Å²) in [6.07, 6.45) is 7.45. The fraction of sp³-hybridized carbons (Fsp3) is 0.286. The molecule has 0 atom stereocenters.